The van der Waals surface area contributed by atoms with E-state index in [4.69, 9.17) is 0 Å². The Morgan fingerprint density at radius 2 is 1.97 bits per heavy atom. The molecule has 39 heavy (non-hydrogen) atoms. The summed E-state index contributed by atoms with van der Waals surface area (Å²) < 4.78 is 4.41. The number of nitrogens with one attached hydrogen (secondary N) is 2. The van der Waals surface area contributed by atoms with Crippen molar-refractivity contribution in [2.24, 2.45) is 0 Å². The number of aliphatic hydroxyl groups excluding tert-OH is 1. The van der Waals surface area contributed by atoms with E-state index >= 15 is 0 Å². The molecule has 0 fully saturated rings. The molecule has 1 aliphatic heterocycles. The molecule has 1 amide bonds. The van der Waals surface area contributed by atoms with Crippen LogP contribution in [0.5, 0.6) is 0 Å². The fourth-order valence-electron chi connectivity index (χ4n) is 5.27. The van der Waals surface area contributed by atoms with Gasteiger partial charge < -0.3 is 24.6 Å². The molecule has 2 aromatic carbocycles. The SMILES string of the molecule is CCn1cc2c3c(cc(C(=O)N[C@@H](Cc4ccccc4)[C@H](O)CNCc4cccc(C)n4)cc31)N(C)SCC2. The molecule has 7 nitrogen and oxygen atoms in total. The average Bonchev–Trinajstić information content (AvgIpc) is 3.21. The van der Waals surface area contributed by atoms with Crippen molar-refractivity contribution in [1.82, 2.24) is 20.2 Å². The fourth-order valence-corrected chi connectivity index (χ4v) is 6.14. The minimum atomic E-state index is -0.784. The van der Waals surface area contributed by atoms with Gasteiger partial charge in [-0.2, -0.15) is 0 Å². The van der Waals surface area contributed by atoms with Crippen LogP contribution in [0.25, 0.3) is 10.9 Å². The minimum Gasteiger partial charge on any atom is -0.390 e. The van der Waals surface area contributed by atoms with Crippen molar-refractivity contribution in [2.45, 2.75) is 51.9 Å². The molecule has 0 aliphatic carbocycles. The van der Waals surface area contributed by atoms with Crippen molar-refractivity contribution < 1.29 is 9.90 Å². The lowest BCUT2D eigenvalue weighted by Gasteiger charge is -2.25. The van der Waals surface area contributed by atoms with Crippen LogP contribution in [-0.2, 0) is 25.9 Å². The van der Waals surface area contributed by atoms with Gasteiger partial charge >= 0.3 is 0 Å². The summed E-state index contributed by atoms with van der Waals surface area (Å²) in [5.74, 6) is 0.827. The molecule has 3 heterocycles. The van der Waals surface area contributed by atoms with E-state index < -0.39 is 12.1 Å². The second-order valence-electron chi connectivity index (χ2n) is 10.1. The molecule has 204 valence electrons. The number of hydrogen-bond donors (Lipinski definition) is 3. The summed E-state index contributed by atoms with van der Waals surface area (Å²) in [6.45, 7) is 5.82. The number of aromatic nitrogens is 2. The number of amides is 1. The second kappa shape index (κ2) is 12.2. The van der Waals surface area contributed by atoms with Gasteiger partial charge in [-0.25, -0.2) is 0 Å². The Kier molecular flexibility index (Phi) is 8.55. The van der Waals surface area contributed by atoms with Gasteiger partial charge in [0.1, 0.15) is 0 Å². The third-order valence-corrected chi connectivity index (χ3v) is 8.29. The number of carbonyl (C=O) groups excluding carboxylic acids is 1. The molecule has 0 unspecified atom stereocenters. The van der Waals surface area contributed by atoms with E-state index in [0.29, 0.717) is 25.1 Å². The molecular weight excluding hydrogens is 506 g/mol. The van der Waals surface area contributed by atoms with Crippen molar-refractivity contribution in [3.63, 3.8) is 0 Å². The van der Waals surface area contributed by atoms with Crippen LogP contribution < -0.4 is 14.9 Å². The van der Waals surface area contributed by atoms with Crippen LogP contribution in [-0.4, -0.2) is 52.1 Å². The smallest absolute Gasteiger partial charge is 0.251 e. The predicted molar refractivity (Wildman–Crippen MR) is 160 cm³/mol. The van der Waals surface area contributed by atoms with Crippen LogP contribution in [0.15, 0.2) is 66.9 Å². The van der Waals surface area contributed by atoms with Gasteiger partial charge in [-0.3, -0.25) is 9.78 Å². The zero-order chi connectivity index (χ0) is 27.4. The number of nitrogens with zero attached hydrogens (tertiary/aromatic N) is 3. The zero-order valence-electron chi connectivity index (χ0n) is 22.9. The molecule has 5 rings (SSSR count). The van der Waals surface area contributed by atoms with E-state index in [-0.39, 0.29) is 5.91 Å². The van der Waals surface area contributed by atoms with Gasteiger partial charge in [0.15, 0.2) is 0 Å². The van der Waals surface area contributed by atoms with E-state index in [0.717, 1.165) is 46.9 Å². The molecular formula is C31H37N5O2S. The van der Waals surface area contributed by atoms with E-state index in [1.807, 2.05) is 67.6 Å². The number of aryl methyl sites for hydroxylation is 3. The molecule has 2 aromatic heterocycles. The van der Waals surface area contributed by atoms with Crippen molar-refractivity contribution in [3.05, 3.63) is 94.9 Å². The Balaban J connectivity index is 1.38. The van der Waals surface area contributed by atoms with Crippen molar-refractivity contribution in [1.29, 1.82) is 0 Å². The lowest BCUT2D eigenvalue weighted by molar-refractivity contribution is 0.0830. The Morgan fingerprint density at radius 3 is 2.74 bits per heavy atom. The van der Waals surface area contributed by atoms with Gasteiger partial charge in [-0.05, 0) is 74.0 Å². The number of hydrogen-bond acceptors (Lipinski definition) is 6. The topological polar surface area (TPSA) is 82.4 Å². The fraction of sp³-hybridized carbons (Fsp3) is 0.355. The standard InChI is InChI=1S/C31H37N5O2S/c1-4-36-20-23-13-14-39-35(3)27-16-24(17-28(36)30(23)27)31(38)34-26(15-22-10-6-5-7-11-22)29(37)19-32-18-25-12-8-9-21(2)33-25/h5-12,16-17,20,26,29,32,37H,4,13-15,18-19H2,1-3H3,(H,34,38)/t26-,29+/m0/s1. The molecule has 3 N–H and O–H groups in total. The van der Waals surface area contributed by atoms with Gasteiger partial charge in [-0.15, -0.1) is 0 Å². The Bertz CT molecular complexity index is 1440. The Labute approximate surface area is 234 Å². The molecule has 0 radical (unpaired) electrons. The molecule has 0 spiro atoms. The van der Waals surface area contributed by atoms with Crippen LogP contribution in [0.1, 0.15) is 39.8 Å². The van der Waals surface area contributed by atoms with Crippen molar-refractivity contribution in [2.75, 3.05) is 23.7 Å². The van der Waals surface area contributed by atoms with E-state index in [1.54, 1.807) is 11.9 Å². The monoisotopic (exact) mass is 543 g/mol. The highest BCUT2D eigenvalue weighted by molar-refractivity contribution is 8.00. The first-order valence-electron chi connectivity index (χ1n) is 13.6. The summed E-state index contributed by atoms with van der Waals surface area (Å²) in [5.41, 5.74) is 7.02. The third-order valence-electron chi connectivity index (χ3n) is 7.32. The molecule has 0 saturated heterocycles. The van der Waals surface area contributed by atoms with Crippen LogP contribution in [0.3, 0.4) is 0 Å². The molecule has 8 heteroatoms. The van der Waals surface area contributed by atoms with Crippen molar-refractivity contribution in [3.8, 4) is 0 Å². The minimum absolute atomic E-state index is 0.179. The molecule has 1 aliphatic rings. The number of anilines is 1. The lowest BCUT2D eigenvalue weighted by atomic mass is 10.00. The summed E-state index contributed by atoms with van der Waals surface area (Å²) in [6.07, 6.45) is 2.98. The van der Waals surface area contributed by atoms with Crippen LogP contribution in [0, 0.1) is 6.92 Å². The van der Waals surface area contributed by atoms with Crippen LogP contribution in [0.2, 0.25) is 0 Å². The second-order valence-corrected chi connectivity index (χ2v) is 11.4. The summed E-state index contributed by atoms with van der Waals surface area (Å²) in [6, 6.07) is 19.4. The van der Waals surface area contributed by atoms with E-state index in [9.17, 15) is 9.90 Å². The first-order chi connectivity index (χ1) is 18.9. The van der Waals surface area contributed by atoms with Crippen molar-refractivity contribution >= 4 is 34.4 Å². The maximum Gasteiger partial charge on any atom is 0.251 e. The third kappa shape index (κ3) is 6.30. The Morgan fingerprint density at radius 1 is 1.15 bits per heavy atom. The highest BCUT2D eigenvalue weighted by atomic mass is 32.2. The summed E-state index contributed by atoms with van der Waals surface area (Å²) in [4.78, 5) is 18.2. The van der Waals surface area contributed by atoms with Gasteiger partial charge in [0.2, 0.25) is 0 Å². The highest BCUT2D eigenvalue weighted by Crippen LogP contribution is 2.38. The number of pyridine rings is 1. The first-order valence-corrected chi connectivity index (χ1v) is 14.6. The average molecular weight is 544 g/mol. The van der Waals surface area contributed by atoms with Gasteiger partial charge in [0, 0.05) is 55.3 Å². The van der Waals surface area contributed by atoms with E-state index in [1.165, 1.54) is 10.9 Å². The largest absolute Gasteiger partial charge is 0.390 e. The summed E-state index contributed by atoms with van der Waals surface area (Å²) >= 11 is 1.77. The molecule has 0 bridgehead atoms. The summed E-state index contributed by atoms with van der Waals surface area (Å²) in [5, 5.41) is 18.9. The Hall–Kier alpha value is -3.33. The van der Waals surface area contributed by atoms with Gasteiger partial charge in [0.25, 0.3) is 5.91 Å². The van der Waals surface area contributed by atoms with Crippen LogP contribution >= 0.6 is 11.9 Å². The zero-order valence-corrected chi connectivity index (χ0v) is 23.7. The van der Waals surface area contributed by atoms with Gasteiger partial charge in [0.05, 0.1) is 29.0 Å². The van der Waals surface area contributed by atoms with Gasteiger partial charge in [-0.1, -0.05) is 36.4 Å². The lowest BCUT2D eigenvalue weighted by Crippen LogP contribution is -2.48. The number of aliphatic hydroxyl groups is 1. The maximum atomic E-state index is 13.7. The maximum absolute atomic E-state index is 13.7. The molecule has 4 aromatic rings. The summed E-state index contributed by atoms with van der Waals surface area (Å²) in [7, 11) is 2.07. The van der Waals surface area contributed by atoms with Crippen LogP contribution in [0.4, 0.5) is 5.69 Å². The number of carbonyl (C=O) groups is 1. The first kappa shape index (κ1) is 27.2. The predicted octanol–water partition coefficient (Wildman–Crippen LogP) is 4.50. The normalized spacial score (nSPS) is 14.7. The quantitative estimate of drug-likeness (QED) is 0.256. The van der Waals surface area contributed by atoms with E-state index in [2.05, 4.69) is 44.7 Å². The molecule has 0 saturated carbocycles. The number of benzene rings is 2. The highest BCUT2D eigenvalue weighted by Gasteiger charge is 2.25. The molecule has 2 atom stereocenters. The number of rotatable bonds is 10.